The minimum absolute atomic E-state index is 0.517. The lowest BCUT2D eigenvalue weighted by atomic mass is 10.3. The van der Waals surface area contributed by atoms with Gasteiger partial charge in [0.2, 0.25) is 0 Å². The molecule has 0 saturated carbocycles. The molecule has 1 aliphatic rings. The second-order valence-electron chi connectivity index (χ2n) is 5.92. The molecule has 3 rings (SSSR count). The third kappa shape index (κ3) is 4.29. The molecule has 2 aromatic rings. The molecular formula is C16H24N4O2S3. The number of rotatable bonds is 7. The van der Waals surface area contributed by atoms with Crippen LogP contribution in [0.1, 0.15) is 19.5 Å². The zero-order valence-electron chi connectivity index (χ0n) is 14.6. The predicted molar refractivity (Wildman–Crippen MR) is 104 cm³/mol. The van der Waals surface area contributed by atoms with Gasteiger partial charge >= 0.3 is 0 Å². The van der Waals surface area contributed by atoms with Crippen molar-refractivity contribution >= 4 is 32.9 Å². The Bertz CT molecular complexity index is 761. The first-order valence-electron chi connectivity index (χ1n) is 8.49. The van der Waals surface area contributed by atoms with Gasteiger partial charge < -0.3 is 0 Å². The second kappa shape index (κ2) is 8.24. The highest BCUT2D eigenvalue weighted by molar-refractivity contribution is 7.86. The molecule has 1 aliphatic heterocycles. The summed E-state index contributed by atoms with van der Waals surface area (Å²) in [6.45, 7) is 8.14. The maximum atomic E-state index is 12.6. The van der Waals surface area contributed by atoms with Crippen LogP contribution in [0.25, 0.3) is 10.6 Å². The van der Waals surface area contributed by atoms with Crippen molar-refractivity contribution in [3.63, 3.8) is 0 Å². The van der Waals surface area contributed by atoms with Gasteiger partial charge in [-0.2, -0.15) is 28.4 Å². The van der Waals surface area contributed by atoms with E-state index in [0.29, 0.717) is 26.2 Å². The third-order valence-electron chi connectivity index (χ3n) is 4.39. The first-order valence-corrected chi connectivity index (χ1v) is 11.7. The number of hydrogen-bond acceptors (Lipinski definition) is 6. The Morgan fingerprint density at radius 1 is 1.16 bits per heavy atom. The van der Waals surface area contributed by atoms with Crippen LogP contribution in [0.15, 0.2) is 22.2 Å². The monoisotopic (exact) mass is 400 g/mol. The fourth-order valence-corrected chi connectivity index (χ4v) is 6.09. The number of nitrogens with zero attached hydrogens (tertiary/aromatic N) is 4. The lowest BCUT2D eigenvalue weighted by Crippen LogP contribution is -2.52. The van der Waals surface area contributed by atoms with Gasteiger partial charge in [0.15, 0.2) is 0 Å². The largest absolute Gasteiger partial charge is 0.295 e. The normalized spacial score (nSPS) is 17.4. The minimum Gasteiger partial charge on any atom is -0.295 e. The average molecular weight is 401 g/mol. The van der Waals surface area contributed by atoms with Gasteiger partial charge in [0.25, 0.3) is 10.2 Å². The van der Waals surface area contributed by atoms with Crippen LogP contribution in [0, 0.1) is 0 Å². The van der Waals surface area contributed by atoms with Crippen LogP contribution in [0.2, 0.25) is 0 Å². The maximum absolute atomic E-state index is 12.6. The van der Waals surface area contributed by atoms with Gasteiger partial charge in [-0.25, -0.2) is 4.98 Å². The molecule has 138 valence electrons. The van der Waals surface area contributed by atoms with Gasteiger partial charge in [0.05, 0.1) is 5.69 Å². The zero-order valence-corrected chi connectivity index (χ0v) is 17.0. The quantitative estimate of drug-likeness (QED) is 0.717. The molecule has 1 saturated heterocycles. The lowest BCUT2D eigenvalue weighted by molar-refractivity contribution is 0.174. The highest BCUT2D eigenvalue weighted by Crippen LogP contribution is 2.26. The summed E-state index contributed by atoms with van der Waals surface area (Å²) in [7, 11) is -3.32. The van der Waals surface area contributed by atoms with E-state index in [1.54, 1.807) is 27.0 Å². The van der Waals surface area contributed by atoms with Crippen molar-refractivity contribution < 1.29 is 8.42 Å². The molecule has 0 aromatic carbocycles. The van der Waals surface area contributed by atoms with Gasteiger partial charge in [-0.3, -0.25) is 4.90 Å². The van der Waals surface area contributed by atoms with Gasteiger partial charge in [0, 0.05) is 62.1 Å². The molecule has 0 bridgehead atoms. The van der Waals surface area contributed by atoms with Crippen LogP contribution in [-0.2, 0) is 16.8 Å². The van der Waals surface area contributed by atoms with Gasteiger partial charge in [-0.15, -0.1) is 11.3 Å². The van der Waals surface area contributed by atoms with E-state index in [9.17, 15) is 8.42 Å². The van der Waals surface area contributed by atoms with Crippen LogP contribution in [0.4, 0.5) is 0 Å². The standard InChI is InChI=1S/C16H24N4O2S3/c1-3-19(4-2)25(21,22)20-8-6-18(7-9-20)11-15-13-24-16(17-15)14-5-10-23-12-14/h5,10,12-13H,3-4,6-9,11H2,1-2H3. The molecule has 0 atom stereocenters. The fraction of sp³-hybridized carbons (Fsp3) is 0.562. The molecule has 25 heavy (non-hydrogen) atoms. The highest BCUT2D eigenvalue weighted by Gasteiger charge is 2.30. The second-order valence-corrected chi connectivity index (χ2v) is 9.49. The van der Waals surface area contributed by atoms with Crippen LogP contribution < -0.4 is 0 Å². The van der Waals surface area contributed by atoms with Crippen LogP contribution >= 0.6 is 22.7 Å². The van der Waals surface area contributed by atoms with E-state index in [2.05, 4.69) is 27.1 Å². The molecule has 0 spiro atoms. The molecule has 0 unspecified atom stereocenters. The molecule has 1 fully saturated rings. The Kier molecular flexibility index (Phi) is 6.24. The van der Waals surface area contributed by atoms with E-state index in [0.717, 1.165) is 30.3 Å². The summed E-state index contributed by atoms with van der Waals surface area (Å²) in [5, 5.41) is 7.33. The molecule has 0 amide bonds. The van der Waals surface area contributed by atoms with Crippen molar-refractivity contribution in [2.24, 2.45) is 0 Å². The van der Waals surface area contributed by atoms with E-state index in [1.165, 1.54) is 9.87 Å². The summed E-state index contributed by atoms with van der Waals surface area (Å²) < 4.78 is 28.3. The first kappa shape index (κ1) is 18.9. The smallest absolute Gasteiger partial charge is 0.282 e. The number of hydrogen-bond donors (Lipinski definition) is 0. The molecule has 3 heterocycles. The molecule has 9 heteroatoms. The summed E-state index contributed by atoms with van der Waals surface area (Å²) in [6, 6.07) is 2.09. The van der Waals surface area contributed by atoms with E-state index < -0.39 is 10.2 Å². The van der Waals surface area contributed by atoms with Crippen molar-refractivity contribution in [2.75, 3.05) is 39.3 Å². The topological polar surface area (TPSA) is 56.8 Å². The summed E-state index contributed by atoms with van der Waals surface area (Å²) in [4.78, 5) is 6.99. The summed E-state index contributed by atoms with van der Waals surface area (Å²) in [5.41, 5.74) is 2.24. The van der Waals surface area contributed by atoms with Crippen LogP contribution in [0.5, 0.6) is 0 Å². The number of piperazine rings is 1. The fourth-order valence-electron chi connectivity index (χ4n) is 2.96. The third-order valence-corrected chi connectivity index (χ3v) is 8.20. The van der Waals surface area contributed by atoms with E-state index >= 15 is 0 Å². The Morgan fingerprint density at radius 3 is 2.48 bits per heavy atom. The van der Waals surface area contributed by atoms with Gasteiger partial charge in [-0.05, 0) is 11.4 Å². The lowest BCUT2D eigenvalue weighted by Gasteiger charge is -2.36. The number of thiophene rings is 1. The van der Waals surface area contributed by atoms with Crippen molar-refractivity contribution in [1.29, 1.82) is 0 Å². The number of thiazole rings is 1. The number of aromatic nitrogens is 1. The summed E-state index contributed by atoms with van der Waals surface area (Å²) >= 11 is 3.34. The molecule has 2 aromatic heterocycles. The average Bonchev–Trinajstić information content (AvgIpc) is 3.27. The first-order chi connectivity index (χ1) is 12.0. The Labute approximate surface area is 157 Å². The van der Waals surface area contributed by atoms with E-state index in [-0.39, 0.29) is 0 Å². The Hall–Kier alpha value is -0.840. The molecule has 0 N–H and O–H groups in total. The van der Waals surface area contributed by atoms with Gasteiger partial charge in [0.1, 0.15) is 5.01 Å². The van der Waals surface area contributed by atoms with E-state index in [1.807, 2.05) is 13.8 Å². The molecule has 6 nitrogen and oxygen atoms in total. The van der Waals surface area contributed by atoms with Crippen LogP contribution in [-0.4, -0.2) is 66.2 Å². The summed E-state index contributed by atoms with van der Waals surface area (Å²) in [6.07, 6.45) is 0. The minimum atomic E-state index is -3.32. The van der Waals surface area contributed by atoms with Crippen molar-refractivity contribution in [1.82, 2.24) is 18.5 Å². The van der Waals surface area contributed by atoms with Gasteiger partial charge in [-0.1, -0.05) is 13.8 Å². The Morgan fingerprint density at radius 2 is 1.88 bits per heavy atom. The molecule has 0 radical (unpaired) electrons. The summed E-state index contributed by atoms with van der Waals surface area (Å²) in [5.74, 6) is 0. The highest BCUT2D eigenvalue weighted by atomic mass is 32.2. The van der Waals surface area contributed by atoms with Crippen LogP contribution in [0.3, 0.4) is 0 Å². The molecular weight excluding hydrogens is 376 g/mol. The SMILES string of the molecule is CCN(CC)S(=O)(=O)N1CCN(Cc2csc(-c3ccsc3)n2)CC1. The van der Waals surface area contributed by atoms with Crippen molar-refractivity contribution in [2.45, 2.75) is 20.4 Å². The maximum Gasteiger partial charge on any atom is 0.282 e. The van der Waals surface area contributed by atoms with Crippen molar-refractivity contribution in [3.8, 4) is 10.6 Å². The predicted octanol–water partition coefficient (Wildman–Crippen LogP) is 2.58. The Balaban J connectivity index is 1.56. The van der Waals surface area contributed by atoms with Crippen molar-refractivity contribution in [3.05, 3.63) is 27.9 Å². The molecule has 0 aliphatic carbocycles. The van der Waals surface area contributed by atoms with E-state index in [4.69, 9.17) is 4.98 Å². The zero-order chi connectivity index (χ0) is 17.9.